The Morgan fingerprint density at radius 2 is 1.67 bits per heavy atom. The van der Waals surface area contributed by atoms with Crippen LogP contribution in [0.1, 0.15) is 68.8 Å². The minimum Gasteiger partial charge on any atom is -0.493 e. The summed E-state index contributed by atoms with van der Waals surface area (Å²) in [6.45, 7) is 6.98. The van der Waals surface area contributed by atoms with Crippen LogP contribution in [0, 0.1) is 5.92 Å². The van der Waals surface area contributed by atoms with Crippen molar-refractivity contribution in [3.8, 4) is 5.75 Å². The molecular formula is C34H48N4O5. The molecule has 1 N–H and O–H groups in total. The fourth-order valence-electron chi connectivity index (χ4n) is 5.44. The summed E-state index contributed by atoms with van der Waals surface area (Å²) < 4.78 is 5.86. The number of ether oxygens (including phenoxy) is 1. The summed E-state index contributed by atoms with van der Waals surface area (Å²) >= 11 is 0. The molecule has 0 radical (unpaired) electrons. The second kappa shape index (κ2) is 16.1. The van der Waals surface area contributed by atoms with Gasteiger partial charge in [-0.05, 0) is 49.3 Å². The van der Waals surface area contributed by atoms with Gasteiger partial charge in [-0.3, -0.25) is 19.2 Å². The molecule has 0 saturated carbocycles. The van der Waals surface area contributed by atoms with Gasteiger partial charge in [-0.15, -0.1) is 0 Å². The normalized spacial score (nSPS) is 16.0. The molecule has 0 bridgehead atoms. The Balaban J connectivity index is 1.81. The number of hydrogen-bond acceptors (Lipinski definition) is 5. The van der Waals surface area contributed by atoms with Gasteiger partial charge in [0.05, 0.1) is 12.2 Å². The van der Waals surface area contributed by atoms with Gasteiger partial charge >= 0.3 is 0 Å². The SMILES string of the molecule is CCCCOc1ccccc1C(=O)N[C@H](CC(C)C)C(=O)N1CCC[C@@H]1C(=O)N(C)[C@@H](Cc1ccccc1)C(=O)N(C)C. The van der Waals surface area contributed by atoms with Crippen molar-refractivity contribution in [2.45, 2.75) is 77.4 Å². The maximum atomic E-state index is 14.0. The van der Waals surface area contributed by atoms with Gasteiger partial charge in [0.15, 0.2) is 0 Å². The highest BCUT2D eigenvalue weighted by molar-refractivity contribution is 6.00. The molecule has 4 amide bonds. The van der Waals surface area contributed by atoms with Gasteiger partial charge < -0.3 is 24.8 Å². The summed E-state index contributed by atoms with van der Waals surface area (Å²) in [6.07, 6.45) is 3.80. The van der Waals surface area contributed by atoms with Crippen LogP contribution < -0.4 is 10.1 Å². The van der Waals surface area contributed by atoms with Gasteiger partial charge in [0.2, 0.25) is 17.7 Å². The molecule has 43 heavy (non-hydrogen) atoms. The van der Waals surface area contributed by atoms with Crippen molar-refractivity contribution < 1.29 is 23.9 Å². The Bertz CT molecular complexity index is 1230. The smallest absolute Gasteiger partial charge is 0.255 e. The quantitative estimate of drug-likeness (QED) is 0.332. The number of nitrogens with one attached hydrogen (secondary N) is 1. The predicted octanol–water partition coefficient (Wildman–Crippen LogP) is 4.16. The first-order valence-electron chi connectivity index (χ1n) is 15.4. The molecule has 1 aliphatic rings. The van der Waals surface area contributed by atoms with Crippen LogP contribution in [0.15, 0.2) is 54.6 Å². The maximum absolute atomic E-state index is 14.0. The topological polar surface area (TPSA) is 99.3 Å². The molecular weight excluding hydrogens is 544 g/mol. The Morgan fingerprint density at radius 1 is 1.00 bits per heavy atom. The minimum atomic E-state index is -0.807. The van der Waals surface area contributed by atoms with Gasteiger partial charge in [-0.25, -0.2) is 0 Å². The van der Waals surface area contributed by atoms with Crippen molar-refractivity contribution in [1.82, 2.24) is 20.0 Å². The average Bonchev–Trinajstić information content (AvgIpc) is 3.48. The van der Waals surface area contributed by atoms with Gasteiger partial charge in [-0.1, -0.05) is 69.7 Å². The van der Waals surface area contributed by atoms with E-state index in [-0.39, 0.29) is 29.5 Å². The predicted molar refractivity (Wildman–Crippen MR) is 168 cm³/mol. The van der Waals surface area contributed by atoms with Crippen LogP contribution in [0.3, 0.4) is 0 Å². The number of nitrogens with zero attached hydrogens (tertiary/aromatic N) is 3. The third-order valence-electron chi connectivity index (χ3n) is 7.83. The molecule has 0 spiro atoms. The monoisotopic (exact) mass is 592 g/mol. The molecule has 9 heteroatoms. The number of amides is 4. The first-order chi connectivity index (χ1) is 20.5. The van der Waals surface area contributed by atoms with Crippen molar-refractivity contribution in [3.05, 3.63) is 65.7 Å². The molecule has 1 saturated heterocycles. The highest BCUT2D eigenvalue weighted by Gasteiger charge is 2.41. The number of rotatable bonds is 14. The lowest BCUT2D eigenvalue weighted by Gasteiger charge is -2.35. The van der Waals surface area contributed by atoms with E-state index >= 15 is 0 Å². The second-order valence-corrected chi connectivity index (χ2v) is 11.9. The third kappa shape index (κ3) is 9.05. The second-order valence-electron chi connectivity index (χ2n) is 11.9. The highest BCUT2D eigenvalue weighted by atomic mass is 16.5. The Kier molecular flexibility index (Phi) is 12.6. The summed E-state index contributed by atoms with van der Waals surface area (Å²) in [5.41, 5.74) is 1.32. The molecule has 3 rings (SSSR count). The fraction of sp³-hybridized carbons (Fsp3) is 0.529. The van der Waals surface area contributed by atoms with E-state index in [1.54, 1.807) is 44.2 Å². The largest absolute Gasteiger partial charge is 0.493 e. The summed E-state index contributed by atoms with van der Waals surface area (Å²) in [7, 11) is 4.99. The lowest BCUT2D eigenvalue weighted by Crippen LogP contribution is -2.57. The van der Waals surface area contributed by atoms with Crippen LogP contribution in [-0.4, -0.2) is 90.7 Å². The van der Waals surface area contributed by atoms with Crippen molar-refractivity contribution in [2.75, 3.05) is 34.3 Å². The van der Waals surface area contributed by atoms with Gasteiger partial charge in [0, 0.05) is 34.1 Å². The number of carbonyl (C=O) groups excluding carboxylic acids is 4. The number of likely N-dealkylation sites (N-methyl/N-ethyl adjacent to an activating group) is 2. The molecule has 2 aromatic carbocycles. The first kappa shape index (κ1) is 33.6. The van der Waals surface area contributed by atoms with Crippen LogP contribution >= 0.6 is 0 Å². The van der Waals surface area contributed by atoms with Crippen LogP contribution in [0.4, 0.5) is 0 Å². The molecule has 1 heterocycles. The van der Waals surface area contributed by atoms with Crippen LogP contribution in [-0.2, 0) is 20.8 Å². The summed E-state index contributed by atoms with van der Waals surface area (Å²) in [5.74, 6) is -0.515. The molecule has 0 unspecified atom stereocenters. The first-order valence-corrected chi connectivity index (χ1v) is 15.4. The number of unbranched alkanes of at least 4 members (excludes halogenated alkanes) is 1. The minimum absolute atomic E-state index is 0.123. The Hall–Kier alpha value is -3.88. The van der Waals surface area contributed by atoms with Gasteiger partial charge in [0.1, 0.15) is 23.9 Å². The zero-order valence-corrected chi connectivity index (χ0v) is 26.5. The van der Waals surface area contributed by atoms with Crippen molar-refractivity contribution in [2.24, 2.45) is 5.92 Å². The van der Waals surface area contributed by atoms with E-state index in [4.69, 9.17) is 4.74 Å². The number of likely N-dealkylation sites (tertiary alicyclic amines) is 1. The summed E-state index contributed by atoms with van der Waals surface area (Å²) in [4.78, 5) is 59.2. The van der Waals surface area contributed by atoms with Gasteiger partial charge in [0.25, 0.3) is 5.91 Å². The molecule has 2 aromatic rings. The van der Waals surface area contributed by atoms with Crippen LogP contribution in [0.2, 0.25) is 0 Å². The standard InChI is InChI=1S/C34H48N4O5/c1-7-8-21-43-30-19-13-12-17-26(30)31(39)35-27(22-24(2)3)32(40)38-20-14-18-28(38)34(42)37(6)29(33(41)36(4)5)23-25-15-10-9-11-16-25/h9-13,15-17,19,24,27-29H,7-8,14,18,20-23H2,1-6H3,(H,35,39)/t27-,28-,29+/m1/s1. The van der Waals surface area contributed by atoms with E-state index in [2.05, 4.69) is 12.2 Å². The molecule has 234 valence electrons. The third-order valence-corrected chi connectivity index (χ3v) is 7.83. The summed E-state index contributed by atoms with van der Waals surface area (Å²) in [5, 5.41) is 2.95. The molecule has 0 aliphatic carbocycles. The number of benzene rings is 2. The molecule has 3 atom stereocenters. The van der Waals surface area contributed by atoms with Crippen molar-refractivity contribution >= 4 is 23.6 Å². The molecule has 9 nitrogen and oxygen atoms in total. The van der Waals surface area contributed by atoms with E-state index in [0.717, 1.165) is 18.4 Å². The highest BCUT2D eigenvalue weighted by Crippen LogP contribution is 2.24. The summed E-state index contributed by atoms with van der Waals surface area (Å²) in [6, 6.07) is 14.4. The van der Waals surface area contributed by atoms with Crippen LogP contribution in [0.5, 0.6) is 5.75 Å². The zero-order valence-electron chi connectivity index (χ0n) is 26.5. The lowest BCUT2D eigenvalue weighted by atomic mass is 10.0. The van der Waals surface area contributed by atoms with Crippen molar-refractivity contribution in [1.29, 1.82) is 0 Å². The van der Waals surface area contributed by atoms with Gasteiger partial charge in [-0.2, -0.15) is 0 Å². The van der Waals surface area contributed by atoms with Crippen LogP contribution in [0.25, 0.3) is 0 Å². The Labute approximate surface area is 256 Å². The van der Waals surface area contributed by atoms with E-state index < -0.39 is 18.1 Å². The fourth-order valence-corrected chi connectivity index (χ4v) is 5.44. The van der Waals surface area contributed by atoms with E-state index in [1.165, 1.54) is 9.80 Å². The molecule has 1 fully saturated rings. The molecule has 0 aromatic heterocycles. The molecule has 1 aliphatic heterocycles. The van der Waals surface area contributed by atoms with E-state index in [9.17, 15) is 19.2 Å². The van der Waals surface area contributed by atoms with E-state index in [0.29, 0.717) is 50.1 Å². The maximum Gasteiger partial charge on any atom is 0.255 e. The van der Waals surface area contributed by atoms with E-state index in [1.807, 2.05) is 50.2 Å². The zero-order chi connectivity index (χ0) is 31.5. The average molecular weight is 593 g/mol. The van der Waals surface area contributed by atoms with Crippen molar-refractivity contribution in [3.63, 3.8) is 0 Å². The number of hydrogen-bond donors (Lipinski definition) is 1. The lowest BCUT2D eigenvalue weighted by molar-refractivity contribution is -0.149. The number of para-hydroxylation sites is 1. The number of carbonyl (C=O) groups is 4. The Morgan fingerprint density at radius 3 is 2.33 bits per heavy atom.